The first-order valence-corrected chi connectivity index (χ1v) is 8.56. The molecule has 0 aromatic carbocycles. The molecule has 1 heterocycles. The number of ether oxygens (including phenoxy) is 1. The van der Waals surface area contributed by atoms with Gasteiger partial charge in [-0.2, -0.15) is 0 Å². The molecule has 3 atom stereocenters. The molecule has 2 fully saturated rings. The van der Waals surface area contributed by atoms with Gasteiger partial charge in [-0.15, -0.1) is 0 Å². The molecular formula is C13H24N2O4S. The molecule has 1 saturated carbocycles. The number of sulfonamides is 1. The minimum atomic E-state index is -3.67. The quantitative estimate of drug-likeness (QED) is 0.785. The molecule has 7 heteroatoms. The van der Waals surface area contributed by atoms with Gasteiger partial charge in [0.15, 0.2) is 0 Å². The van der Waals surface area contributed by atoms with Gasteiger partial charge in [0.25, 0.3) is 5.91 Å². The first kappa shape index (κ1) is 15.7. The summed E-state index contributed by atoms with van der Waals surface area (Å²) in [6.07, 6.45) is 1.56. The van der Waals surface area contributed by atoms with Gasteiger partial charge in [-0.1, -0.05) is 13.8 Å². The number of hydrogen-bond donors (Lipinski definition) is 2. The van der Waals surface area contributed by atoms with Crippen LogP contribution in [0.2, 0.25) is 0 Å². The van der Waals surface area contributed by atoms with E-state index in [2.05, 4.69) is 4.72 Å². The molecule has 3 unspecified atom stereocenters. The third kappa shape index (κ3) is 1.98. The van der Waals surface area contributed by atoms with Crippen molar-refractivity contribution in [2.24, 2.45) is 17.1 Å². The summed E-state index contributed by atoms with van der Waals surface area (Å²) in [6, 6.07) is 0. The molecule has 6 nitrogen and oxygen atoms in total. The number of carbonyl (C=O) groups excluding carboxylic acids is 1. The molecule has 0 aromatic rings. The highest BCUT2D eigenvalue weighted by molar-refractivity contribution is 7.90. The van der Waals surface area contributed by atoms with Gasteiger partial charge < -0.3 is 10.5 Å². The van der Waals surface area contributed by atoms with Crippen molar-refractivity contribution in [3.63, 3.8) is 0 Å². The van der Waals surface area contributed by atoms with Crippen molar-refractivity contribution in [2.75, 3.05) is 6.61 Å². The van der Waals surface area contributed by atoms with E-state index in [4.69, 9.17) is 10.5 Å². The SMILES string of the molecule is CC(C)S(=O)(=O)NC(=O)C1(N)C2CCCOC2C1(C)C. The van der Waals surface area contributed by atoms with E-state index in [1.807, 2.05) is 13.8 Å². The maximum Gasteiger partial charge on any atom is 0.254 e. The first-order chi connectivity index (χ1) is 9.05. The Balaban J connectivity index is 2.24. The van der Waals surface area contributed by atoms with E-state index < -0.39 is 32.1 Å². The van der Waals surface area contributed by atoms with Crippen molar-refractivity contribution < 1.29 is 17.9 Å². The van der Waals surface area contributed by atoms with Crippen LogP contribution in [0.25, 0.3) is 0 Å². The van der Waals surface area contributed by atoms with Gasteiger partial charge >= 0.3 is 0 Å². The molecular weight excluding hydrogens is 280 g/mol. The lowest BCUT2D eigenvalue weighted by molar-refractivity contribution is -0.224. The number of fused-ring (bicyclic) bond motifs is 1. The summed E-state index contributed by atoms with van der Waals surface area (Å²) in [4.78, 5) is 12.5. The molecule has 0 radical (unpaired) electrons. The lowest BCUT2D eigenvalue weighted by atomic mass is 9.46. The largest absolute Gasteiger partial charge is 0.377 e. The molecule has 1 amide bonds. The van der Waals surface area contributed by atoms with Crippen LogP contribution in [0.5, 0.6) is 0 Å². The topological polar surface area (TPSA) is 98.5 Å². The smallest absolute Gasteiger partial charge is 0.254 e. The van der Waals surface area contributed by atoms with Crippen LogP contribution in [0.3, 0.4) is 0 Å². The third-order valence-corrected chi connectivity index (χ3v) is 6.63. The molecule has 3 N–H and O–H groups in total. The number of rotatable bonds is 3. The summed E-state index contributed by atoms with van der Waals surface area (Å²) in [7, 11) is -3.67. The molecule has 2 rings (SSSR count). The Morgan fingerprint density at radius 2 is 2.00 bits per heavy atom. The summed E-state index contributed by atoms with van der Waals surface area (Å²) in [6.45, 7) is 7.45. The Morgan fingerprint density at radius 3 is 2.55 bits per heavy atom. The second-order valence-electron chi connectivity index (χ2n) is 6.66. The van der Waals surface area contributed by atoms with Crippen LogP contribution in [-0.4, -0.2) is 37.8 Å². The van der Waals surface area contributed by atoms with Crippen LogP contribution >= 0.6 is 0 Å². The predicted molar refractivity (Wildman–Crippen MR) is 75.4 cm³/mol. The molecule has 20 heavy (non-hydrogen) atoms. The normalized spacial score (nSPS) is 36.1. The Labute approximate surface area is 120 Å². The molecule has 1 aliphatic heterocycles. The summed E-state index contributed by atoms with van der Waals surface area (Å²) in [5, 5.41) is -0.670. The highest BCUT2D eigenvalue weighted by Gasteiger charge is 2.70. The van der Waals surface area contributed by atoms with Gasteiger partial charge in [-0.25, -0.2) is 8.42 Å². The molecule has 1 saturated heterocycles. The van der Waals surface area contributed by atoms with E-state index in [0.29, 0.717) is 6.61 Å². The molecule has 0 spiro atoms. The van der Waals surface area contributed by atoms with Crippen molar-refractivity contribution in [2.45, 2.75) is 57.4 Å². The van der Waals surface area contributed by atoms with E-state index in [9.17, 15) is 13.2 Å². The fraction of sp³-hybridized carbons (Fsp3) is 0.923. The van der Waals surface area contributed by atoms with Crippen LogP contribution in [0.4, 0.5) is 0 Å². The van der Waals surface area contributed by atoms with Crippen LogP contribution in [0.15, 0.2) is 0 Å². The molecule has 1 aliphatic carbocycles. The highest BCUT2D eigenvalue weighted by Crippen LogP contribution is 2.57. The van der Waals surface area contributed by atoms with Crippen molar-refractivity contribution in [3.05, 3.63) is 0 Å². The number of nitrogens with two attached hydrogens (primary N) is 1. The van der Waals surface area contributed by atoms with Crippen LogP contribution in [-0.2, 0) is 19.6 Å². The minimum Gasteiger partial charge on any atom is -0.377 e. The third-order valence-electron chi connectivity index (χ3n) is 4.92. The Morgan fingerprint density at radius 1 is 1.40 bits per heavy atom. The van der Waals surface area contributed by atoms with E-state index in [0.717, 1.165) is 12.8 Å². The van der Waals surface area contributed by atoms with Gasteiger partial charge in [0, 0.05) is 17.9 Å². The average molecular weight is 304 g/mol. The van der Waals surface area contributed by atoms with Crippen molar-refractivity contribution in [1.82, 2.24) is 4.72 Å². The molecule has 116 valence electrons. The zero-order valence-electron chi connectivity index (χ0n) is 12.5. The molecule has 0 aromatic heterocycles. The lowest BCUT2D eigenvalue weighted by Gasteiger charge is -2.64. The van der Waals surface area contributed by atoms with Gasteiger partial charge in [0.05, 0.1) is 11.4 Å². The average Bonchev–Trinajstić information content (AvgIpc) is 2.36. The molecule has 0 bridgehead atoms. The number of hydrogen-bond acceptors (Lipinski definition) is 5. The fourth-order valence-corrected chi connectivity index (χ4v) is 4.03. The standard InChI is InChI=1S/C13H24N2O4S/c1-8(2)20(17,18)15-11(16)13(14)9-6-5-7-19-10(9)12(13,3)4/h8-10H,5-7,14H2,1-4H3,(H,15,16). The van der Waals surface area contributed by atoms with E-state index in [1.165, 1.54) is 13.8 Å². The number of carbonyl (C=O) groups is 1. The molecule has 2 aliphatic rings. The van der Waals surface area contributed by atoms with E-state index >= 15 is 0 Å². The Kier molecular flexibility index (Phi) is 3.68. The first-order valence-electron chi connectivity index (χ1n) is 7.01. The second-order valence-corrected chi connectivity index (χ2v) is 8.89. The zero-order chi connectivity index (χ0) is 15.3. The zero-order valence-corrected chi connectivity index (χ0v) is 13.3. The predicted octanol–water partition coefficient (Wildman–Crippen LogP) is 0.373. The highest BCUT2D eigenvalue weighted by atomic mass is 32.2. The summed E-state index contributed by atoms with van der Waals surface area (Å²) < 4.78 is 31.6. The maximum absolute atomic E-state index is 12.5. The second kappa shape index (κ2) is 4.68. The summed E-state index contributed by atoms with van der Waals surface area (Å²) >= 11 is 0. The van der Waals surface area contributed by atoms with Crippen LogP contribution in [0, 0.1) is 11.3 Å². The van der Waals surface area contributed by atoms with Gasteiger partial charge in [0.1, 0.15) is 5.54 Å². The fourth-order valence-electron chi connectivity index (χ4n) is 3.37. The summed E-state index contributed by atoms with van der Waals surface area (Å²) in [5.41, 5.74) is 4.56. The Bertz CT molecular complexity index is 514. The van der Waals surface area contributed by atoms with Gasteiger partial charge in [-0.3, -0.25) is 9.52 Å². The number of nitrogens with one attached hydrogen (secondary N) is 1. The van der Waals surface area contributed by atoms with Gasteiger partial charge in [-0.05, 0) is 26.7 Å². The van der Waals surface area contributed by atoms with E-state index in [1.54, 1.807) is 0 Å². The van der Waals surface area contributed by atoms with Crippen molar-refractivity contribution in [1.29, 1.82) is 0 Å². The number of amides is 1. The van der Waals surface area contributed by atoms with E-state index in [-0.39, 0.29) is 12.0 Å². The monoisotopic (exact) mass is 304 g/mol. The van der Waals surface area contributed by atoms with Crippen LogP contribution in [0.1, 0.15) is 40.5 Å². The van der Waals surface area contributed by atoms with Crippen molar-refractivity contribution in [3.8, 4) is 0 Å². The van der Waals surface area contributed by atoms with Crippen LogP contribution < -0.4 is 10.5 Å². The minimum absolute atomic E-state index is 0.0752. The van der Waals surface area contributed by atoms with Crippen molar-refractivity contribution >= 4 is 15.9 Å². The lowest BCUT2D eigenvalue weighted by Crippen LogP contribution is -2.82. The summed E-state index contributed by atoms with van der Waals surface area (Å²) in [5.74, 6) is -0.725. The maximum atomic E-state index is 12.5. The Hall–Kier alpha value is -0.660. The van der Waals surface area contributed by atoms with Gasteiger partial charge in [0.2, 0.25) is 10.0 Å².